The van der Waals surface area contributed by atoms with Gasteiger partial charge in [-0.25, -0.2) is 0 Å². The molecule has 0 aromatic heterocycles. The third-order valence-electron chi connectivity index (χ3n) is 2.82. The number of rotatable bonds is 1. The molecule has 82 valence electrons. The Kier molecular flexibility index (Phi) is 2.82. The highest BCUT2D eigenvalue weighted by molar-refractivity contribution is 5.53. The molecular formula is C12H19N3. The van der Waals surface area contributed by atoms with E-state index in [1.807, 2.05) is 12.1 Å². The van der Waals surface area contributed by atoms with Crippen LogP contribution in [0.1, 0.15) is 13.8 Å². The molecule has 1 heterocycles. The number of nitrogens with two attached hydrogens (primary N) is 1. The first-order valence-electron chi connectivity index (χ1n) is 5.51. The second-order valence-corrected chi connectivity index (χ2v) is 4.47. The summed E-state index contributed by atoms with van der Waals surface area (Å²) in [4.78, 5) is 2.41. The maximum Gasteiger partial charge on any atom is 0.0368 e. The monoisotopic (exact) mass is 205 g/mol. The number of hydrogen-bond donors (Lipinski definition) is 2. The number of piperazine rings is 1. The van der Waals surface area contributed by atoms with Crippen LogP contribution < -0.4 is 16.0 Å². The van der Waals surface area contributed by atoms with Crippen molar-refractivity contribution in [3.8, 4) is 0 Å². The van der Waals surface area contributed by atoms with Crippen LogP contribution in [0.5, 0.6) is 0 Å². The van der Waals surface area contributed by atoms with Crippen LogP contribution in [0.2, 0.25) is 0 Å². The zero-order chi connectivity index (χ0) is 10.8. The predicted octanol–water partition coefficient (Wildman–Crippen LogP) is 1.46. The van der Waals surface area contributed by atoms with E-state index in [0.29, 0.717) is 12.1 Å². The molecule has 1 aliphatic rings. The maximum atomic E-state index is 5.68. The number of hydrogen-bond acceptors (Lipinski definition) is 3. The highest BCUT2D eigenvalue weighted by Gasteiger charge is 2.20. The number of nitrogens with zero attached hydrogens (tertiary/aromatic N) is 1. The Morgan fingerprint density at radius 1 is 1.13 bits per heavy atom. The summed E-state index contributed by atoms with van der Waals surface area (Å²) in [6.07, 6.45) is 0. The summed E-state index contributed by atoms with van der Waals surface area (Å²) >= 11 is 0. The van der Waals surface area contributed by atoms with E-state index in [4.69, 9.17) is 5.73 Å². The second-order valence-electron chi connectivity index (χ2n) is 4.47. The summed E-state index contributed by atoms with van der Waals surface area (Å²) in [5.74, 6) is 0. The van der Waals surface area contributed by atoms with E-state index < -0.39 is 0 Å². The zero-order valence-corrected chi connectivity index (χ0v) is 9.40. The van der Waals surface area contributed by atoms with Crippen LogP contribution in [0.25, 0.3) is 0 Å². The van der Waals surface area contributed by atoms with Gasteiger partial charge >= 0.3 is 0 Å². The topological polar surface area (TPSA) is 41.3 Å². The van der Waals surface area contributed by atoms with Crippen LogP contribution in [-0.2, 0) is 0 Å². The van der Waals surface area contributed by atoms with Gasteiger partial charge in [0, 0.05) is 36.5 Å². The van der Waals surface area contributed by atoms with Crippen LogP contribution in [-0.4, -0.2) is 25.2 Å². The lowest BCUT2D eigenvalue weighted by Crippen LogP contribution is -2.54. The first kappa shape index (κ1) is 10.3. The summed E-state index contributed by atoms with van der Waals surface area (Å²) in [7, 11) is 0. The third-order valence-corrected chi connectivity index (χ3v) is 2.82. The van der Waals surface area contributed by atoms with Gasteiger partial charge in [0.15, 0.2) is 0 Å². The fourth-order valence-electron chi connectivity index (χ4n) is 2.22. The quantitative estimate of drug-likeness (QED) is 0.682. The average Bonchev–Trinajstić information content (AvgIpc) is 2.17. The number of nitrogens with one attached hydrogen (secondary N) is 1. The van der Waals surface area contributed by atoms with Gasteiger partial charge in [0.25, 0.3) is 0 Å². The summed E-state index contributed by atoms with van der Waals surface area (Å²) in [6, 6.07) is 9.22. The van der Waals surface area contributed by atoms with Crippen molar-refractivity contribution in [1.29, 1.82) is 0 Å². The Hall–Kier alpha value is -1.22. The first-order chi connectivity index (χ1) is 7.15. The van der Waals surface area contributed by atoms with Gasteiger partial charge < -0.3 is 16.0 Å². The molecule has 2 rings (SSSR count). The summed E-state index contributed by atoms with van der Waals surface area (Å²) in [5, 5.41) is 3.52. The van der Waals surface area contributed by atoms with Crippen molar-refractivity contribution < 1.29 is 0 Å². The second kappa shape index (κ2) is 4.11. The van der Waals surface area contributed by atoms with Gasteiger partial charge in [-0.1, -0.05) is 0 Å². The molecule has 0 saturated carbocycles. The van der Waals surface area contributed by atoms with E-state index in [0.717, 1.165) is 18.8 Å². The van der Waals surface area contributed by atoms with E-state index in [9.17, 15) is 0 Å². The molecule has 1 aliphatic heterocycles. The van der Waals surface area contributed by atoms with Gasteiger partial charge in [0.05, 0.1) is 0 Å². The van der Waals surface area contributed by atoms with Gasteiger partial charge in [-0.2, -0.15) is 0 Å². The minimum absolute atomic E-state index is 0.548. The molecule has 1 aromatic rings. The maximum absolute atomic E-state index is 5.68. The lowest BCUT2D eigenvalue weighted by Gasteiger charge is -2.37. The molecule has 0 bridgehead atoms. The molecule has 2 unspecified atom stereocenters. The van der Waals surface area contributed by atoms with Crippen LogP contribution in [0.15, 0.2) is 24.3 Å². The molecule has 3 nitrogen and oxygen atoms in total. The van der Waals surface area contributed by atoms with Crippen LogP contribution >= 0.6 is 0 Å². The molecule has 1 fully saturated rings. The van der Waals surface area contributed by atoms with Crippen molar-refractivity contribution in [2.75, 3.05) is 23.7 Å². The fraction of sp³-hybridized carbons (Fsp3) is 0.500. The number of benzene rings is 1. The molecular weight excluding hydrogens is 186 g/mol. The van der Waals surface area contributed by atoms with Gasteiger partial charge in [-0.15, -0.1) is 0 Å². The Morgan fingerprint density at radius 3 is 2.20 bits per heavy atom. The number of nitrogen functional groups attached to an aromatic ring is 1. The lowest BCUT2D eigenvalue weighted by molar-refractivity contribution is 0.407. The number of anilines is 2. The molecule has 15 heavy (non-hydrogen) atoms. The summed E-state index contributed by atoms with van der Waals surface area (Å²) in [5.41, 5.74) is 7.78. The standard InChI is InChI=1S/C12H19N3/c1-9-7-15(8-10(2)14-9)12-5-3-11(13)4-6-12/h3-6,9-10,14H,7-8,13H2,1-2H3. The van der Waals surface area contributed by atoms with Crippen molar-refractivity contribution in [2.24, 2.45) is 0 Å². The summed E-state index contributed by atoms with van der Waals surface area (Å²) in [6.45, 7) is 6.57. The lowest BCUT2D eigenvalue weighted by atomic mass is 10.1. The van der Waals surface area contributed by atoms with Gasteiger partial charge in [-0.3, -0.25) is 0 Å². The zero-order valence-electron chi connectivity index (χ0n) is 9.40. The normalized spacial score (nSPS) is 26.7. The van der Waals surface area contributed by atoms with Crippen molar-refractivity contribution >= 4 is 11.4 Å². The van der Waals surface area contributed by atoms with Crippen LogP contribution in [0, 0.1) is 0 Å². The largest absolute Gasteiger partial charge is 0.399 e. The van der Waals surface area contributed by atoms with E-state index in [-0.39, 0.29) is 0 Å². The fourth-order valence-corrected chi connectivity index (χ4v) is 2.22. The van der Waals surface area contributed by atoms with Crippen molar-refractivity contribution in [3.05, 3.63) is 24.3 Å². The Bertz CT molecular complexity index is 310. The molecule has 1 aromatic carbocycles. The molecule has 0 aliphatic carbocycles. The van der Waals surface area contributed by atoms with Gasteiger partial charge in [0.1, 0.15) is 0 Å². The van der Waals surface area contributed by atoms with Crippen molar-refractivity contribution in [3.63, 3.8) is 0 Å². The van der Waals surface area contributed by atoms with E-state index in [1.54, 1.807) is 0 Å². The van der Waals surface area contributed by atoms with E-state index in [2.05, 4.69) is 36.2 Å². The van der Waals surface area contributed by atoms with Crippen LogP contribution in [0.4, 0.5) is 11.4 Å². The van der Waals surface area contributed by atoms with E-state index in [1.165, 1.54) is 5.69 Å². The Balaban J connectivity index is 2.12. The minimum Gasteiger partial charge on any atom is -0.399 e. The van der Waals surface area contributed by atoms with Crippen molar-refractivity contribution in [1.82, 2.24) is 5.32 Å². The Morgan fingerprint density at radius 2 is 1.67 bits per heavy atom. The van der Waals surface area contributed by atoms with Gasteiger partial charge in [-0.05, 0) is 38.1 Å². The summed E-state index contributed by atoms with van der Waals surface area (Å²) < 4.78 is 0. The van der Waals surface area contributed by atoms with Crippen LogP contribution in [0.3, 0.4) is 0 Å². The van der Waals surface area contributed by atoms with Crippen molar-refractivity contribution in [2.45, 2.75) is 25.9 Å². The molecule has 0 radical (unpaired) electrons. The third kappa shape index (κ3) is 2.42. The SMILES string of the molecule is CC1CN(c2ccc(N)cc2)CC(C)N1. The smallest absolute Gasteiger partial charge is 0.0368 e. The molecule has 3 N–H and O–H groups in total. The molecule has 0 amide bonds. The van der Waals surface area contributed by atoms with E-state index >= 15 is 0 Å². The molecule has 0 spiro atoms. The first-order valence-corrected chi connectivity index (χ1v) is 5.51. The van der Waals surface area contributed by atoms with Gasteiger partial charge in [0.2, 0.25) is 0 Å². The molecule has 3 heteroatoms. The highest BCUT2D eigenvalue weighted by Crippen LogP contribution is 2.18. The highest BCUT2D eigenvalue weighted by atomic mass is 15.2. The average molecular weight is 205 g/mol. The molecule has 1 saturated heterocycles. The molecule has 2 atom stereocenters. The minimum atomic E-state index is 0.548. The predicted molar refractivity (Wildman–Crippen MR) is 65.1 cm³/mol. The Labute approximate surface area is 91.3 Å².